The average Bonchev–Trinajstić information content (AvgIpc) is 3.34. The third-order valence-electron chi connectivity index (χ3n) is 5.21. The highest BCUT2D eigenvalue weighted by Crippen LogP contribution is 2.28. The molecule has 7 heteroatoms. The molecule has 1 aromatic carbocycles. The molecule has 1 aliphatic heterocycles. The Labute approximate surface area is 152 Å². The Morgan fingerprint density at radius 1 is 1.23 bits per heavy atom. The highest BCUT2D eigenvalue weighted by atomic mass is 16.2. The largest absolute Gasteiger partial charge is 0.339 e. The average molecular weight is 352 g/mol. The lowest BCUT2D eigenvalue weighted by atomic mass is 9.95. The van der Waals surface area contributed by atoms with E-state index in [1.807, 2.05) is 29.3 Å². The predicted octanol–water partition coefficient (Wildman–Crippen LogP) is 2.97. The van der Waals surface area contributed by atoms with E-state index in [2.05, 4.69) is 38.1 Å². The molecule has 1 fully saturated rings. The number of aromatic amines is 1. The molecule has 2 aromatic heterocycles. The molecule has 26 heavy (non-hydrogen) atoms. The van der Waals surface area contributed by atoms with Crippen molar-refractivity contribution < 1.29 is 4.79 Å². The van der Waals surface area contributed by atoms with E-state index in [1.54, 1.807) is 0 Å². The van der Waals surface area contributed by atoms with Gasteiger partial charge in [0.05, 0.1) is 0 Å². The minimum Gasteiger partial charge on any atom is -0.339 e. The molecule has 1 aliphatic rings. The lowest BCUT2D eigenvalue weighted by Gasteiger charge is -2.32. The molecule has 136 valence electrons. The van der Waals surface area contributed by atoms with Gasteiger partial charge in [-0.15, -0.1) is 0 Å². The SMILES string of the molecule is CCCCn1ccnc1C1CCN(C(=O)c2ccc3n[nH]nc3c2)CC1. The number of nitrogens with zero attached hydrogens (tertiary/aromatic N) is 5. The highest BCUT2D eigenvalue weighted by molar-refractivity contribution is 5.97. The molecule has 0 aliphatic carbocycles. The van der Waals surface area contributed by atoms with Crippen molar-refractivity contribution in [2.75, 3.05) is 13.1 Å². The number of hydrogen-bond acceptors (Lipinski definition) is 4. The topological polar surface area (TPSA) is 79.7 Å². The molecule has 3 heterocycles. The number of likely N-dealkylation sites (tertiary alicyclic amines) is 1. The second-order valence-corrected chi connectivity index (χ2v) is 6.93. The minimum atomic E-state index is 0.0719. The van der Waals surface area contributed by atoms with Crippen molar-refractivity contribution in [3.8, 4) is 0 Å². The fraction of sp³-hybridized carbons (Fsp3) is 0.474. The molecule has 0 unspecified atom stereocenters. The van der Waals surface area contributed by atoms with Gasteiger partial charge in [0.25, 0.3) is 5.91 Å². The lowest BCUT2D eigenvalue weighted by Crippen LogP contribution is -2.38. The Hall–Kier alpha value is -2.70. The van der Waals surface area contributed by atoms with E-state index >= 15 is 0 Å². The maximum atomic E-state index is 12.8. The fourth-order valence-corrected chi connectivity index (χ4v) is 3.69. The number of nitrogens with one attached hydrogen (secondary N) is 1. The molecule has 1 N–H and O–H groups in total. The maximum absolute atomic E-state index is 12.8. The maximum Gasteiger partial charge on any atom is 0.253 e. The summed E-state index contributed by atoms with van der Waals surface area (Å²) in [7, 11) is 0. The molecule has 0 radical (unpaired) electrons. The van der Waals surface area contributed by atoms with Crippen molar-refractivity contribution in [1.29, 1.82) is 0 Å². The number of piperidine rings is 1. The van der Waals surface area contributed by atoms with Crippen LogP contribution >= 0.6 is 0 Å². The Morgan fingerprint density at radius 3 is 2.85 bits per heavy atom. The van der Waals surface area contributed by atoms with Crippen LogP contribution in [0.4, 0.5) is 0 Å². The molecule has 0 saturated carbocycles. The number of benzene rings is 1. The number of unbranched alkanes of at least 4 members (excludes halogenated alkanes) is 1. The van der Waals surface area contributed by atoms with Crippen molar-refractivity contribution >= 4 is 16.9 Å². The molecular formula is C19H24N6O. The third kappa shape index (κ3) is 3.21. The van der Waals surface area contributed by atoms with E-state index in [9.17, 15) is 4.79 Å². The van der Waals surface area contributed by atoms with Crippen LogP contribution in [-0.4, -0.2) is 48.9 Å². The number of imidazole rings is 1. The molecule has 0 spiro atoms. The summed E-state index contributed by atoms with van der Waals surface area (Å²) in [5, 5.41) is 10.7. The van der Waals surface area contributed by atoms with Crippen molar-refractivity contribution in [2.24, 2.45) is 0 Å². The molecule has 0 atom stereocenters. The van der Waals surface area contributed by atoms with Gasteiger partial charge in [-0.05, 0) is 37.5 Å². The number of rotatable bonds is 5. The predicted molar refractivity (Wildman–Crippen MR) is 98.9 cm³/mol. The van der Waals surface area contributed by atoms with Crippen LogP contribution in [0.5, 0.6) is 0 Å². The minimum absolute atomic E-state index is 0.0719. The summed E-state index contributed by atoms with van der Waals surface area (Å²) < 4.78 is 2.28. The summed E-state index contributed by atoms with van der Waals surface area (Å²) in [6.07, 6.45) is 8.25. The van der Waals surface area contributed by atoms with E-state index in [1.165, 1.54) is 18.7 Å². The van der Waals surface area contributed by atoms with Crippen LogP contribution in [0.3, 0.4) is 0 Å². The van der Waals surface area contributed by atoms with E-state index < -0.39 is 0 Å². The van der Waals surface area contributed by atoms with E-state index in [-0.39, 0.29) is 5.91 Å². The van der Waals surface area contributed by atoms with Gasteiger partial charge in [-0.3, -0.25) is 4.79 Å². The van der Waals surface area contributed by atoms with Gasteiger partial charge in [-0.1, -0.05) is 13.3 Å². The molecular weight excluding hydrogens is 328 g/mol. The van der Waals surface area contributed by atoms with Gasteiger partial charge in [0.15, 0.2) is 0 Å². The Morgan fingerprint density at radius 2 is 2.04 bits per heavy atom. The first-order valence-corrected chi connectivity index (χ1v) is 9.37. The first-order valence-electron chi connectivity index (χ1n) is 9.37. The molecule has 4 rings (SSSR count). The highest BCUT2D eigenvalue weighted by Gasteiger charge is 2.27. The zero-order chi connectivity index (χ0) is 17.9. The van der Waals surface area contributed by atoms with Crippen molar-refractivity contribution in [3.05, 3.63) is 42.0 Å². The van der Waals surface area contributed by atoms with Crippen LogP contribution in [0.2, 0.25) is 0 Å². The van der Waals surface area contributed by atoms with E-state index in [0.717, 1.165) is 43.5 Å². The normalized spacial score (nSPS) is 15.7. The summed E-state index contributed by atoms with van der Waals surface area (Å²) in [4.78, 5) is 19.3. The zero-order valence-corrected chi connectivity index (χ0v) is 15.1. The van der Waals surface area contributed by atoms with E-state index in [4.69, 9.17) is 0 Å². The van der Waals surface area contributed by atoms with Crippen molar-refractivity contribution in [1.82, 2.24) is 29.9 Å². The number of aryl methyl sites for hydroxylation is 1. The Bertz CT molecular complexity index is 890. The van der Waals surface area contributed by atoms with Crippen LogP contribution in [0, 0.1) is 0 Å². The standard InChI is InChI=1S/C19H24N6O/c1-2-3-9-24-12-8-20-18(24)14-6-10-25(11-7-14)19(26)15-4-5-16-17(13-15)22-23-21-16/h4-5,8,12-14H,2-3,6-7,9-11H2,1H3,(H,21,22,23). The molecule has 7 nitrogen and oxygen atoms in total. The molecule has 1 amide bonds. The number of amides is 1. The van der Waals surface area contributed by atoms with Crippen LogP contribution in [0.15, 0.2) is 30.6 Å². The number of carbonyl (C=O) groups is 1. The summed E-state index contributed by atoms with van der Waals surface area (Å²) in [6, 6.07) is 5.48. The fourth-order valence-electron chi connectivity index (χ4n) is 3.69. The number of H-pyrrole nitrogens is 1. The number of hydrogen-bond donors (Lipinski definition) is 1. The molecule has 3 aromatic rings. The van der Waals surface area contributed by atoms with Gasteiger partial charge in [0, 0.05) is 43.5 Å². The van der Waals surface area contributed by atoms with Gasteiger partial charge in [-0.2, -0.15) is 15.4 Å². The first-order chi connectivity index (χ1) is 12.8. The van der Waals surface area contributed by atoms with Crippen molar-refractivity contribution in [3.63, 3.8) is 0 Å². The molecule has 1 saturated heterocycles. The lowest BCUT2D eigenvalue weighted by molar-refractivity contribution is 0.0710. The van der Waals surface area contributed by atoms with Gasteiger partial charge in [-0.25, -0.2) is 4.98 Å². The monoisotopic (exact) mass is 352 g/mol. The summed E-state index contributed by atoms with van der Waals surface area (Å²) in [5.74, 6) is 1.68. The smallest absolute Gasteiger partial charge is 0.253 e. The summed E-state index contributed by atoms with van der Waals surface area (Å²) in [6.45, 7) is 4.77. The van der Waals surface area contributed by atoms with Crippen LogP contribution in [-0.2, 0) is 6.54 Å². The van der Waals surface area contributed by atoms with Gasteiger partial charge < -0.3 is 9.47 Å². The third-order valence-corrected chi connectivity index (χ3v) is 5.21. The van der Waals surface area contributed by atoms with Gasteiger partial charge >= 0.3 is 0 Å². The van der Waals surface area contributed by atoms with Gasteiger partial charge in [0.2, 0.25) is 0 Å². The Kier molecular flexibility index (Phi) is 4.69. The number of carbonyl (C=O) groups excluding carboxylic acids is 1. The van der Waals surface area contributed by atoms with E-state index in [0.29, 0.717) is 11.5 Å². The number of fused-ring (bicyclic) bond motifs is 1. The number of aromatic nitrogens is 5. The van der Waals surface area contributed by atoms with Crippen LogP contribution in [0.1, 0.15) is 54.7 Å². The quantitative estimate of drug-likeness (QED) is 0.765. The Balaban J connectivity index is 1.41. The first kappa shape index (κ1) is 16.8. The second-order valence-electron chi connectivity index (χ2n) is 6.93. The summed E-state index contributed by atoms with van der Waals surface area (Å²) in [5.41, 5.74) is 2.18. The zero-order valence-electron chi connectivity index (χ0n) is 15.1. The van der Waals surface area contributed by atoms with Gasteiger partial charge in [0.1, 0.15) is 16.9 Å². The van der Waals surface area contributed by atoms with Crippen LogP contribution in [0.25, 0.3) is 11.0 Å². The molecule has 0 bridgehead atoms. The second kappa shape index (κ2) is 7.27. The van der Waals surface area contributed by atoms with Crippen LogP contribution < -0.4 is 0 Å². The van der Waals surface area contributed by atoms with Crippen molar-refractivity contribution in [2.45, 2.75) is 45.1 Å². The summed E-state index contributed by atoms with van der Waals surface area (Å²) >= 11 is 0.